The van der Waals surface area contributed by atoms with Gasteiger partial charge in [-0.2, -0.15) is 0 Å². The molecule has 0 aliphatic heterocycles. The van der Waals surface area contributed by atoms with E-state index in [-0.39, 0.29) is 0 Å². The molecular weight excluding hydrogens is 288 g/mol. The number of nitrogens with zero attached hydrogens (tertiary/aromatic N) is 1. The van der Waals surface area contributed by atoms with E-state index in [0.29, 0.717) is 0 Å². The Morgan fingerprint density at radius 1 is 1.38 bits per heavy atom. The summed E-state index contributed by atoms with van der Waals surface area (Å²) in [4.78, 5) is 0. The van der Waals surface area contributed by atoms with Crippen LogP contribution in [-0.2, 0) is 13.6 Å². The molecule has 0 bridgehead atoms. The summed E-state index contributed by atoms with van der Waals surface area (Å²) in [7, 11) is 2.04. The molecule has 0 aliphatic rings. The van der Waals surface area contributed by atoms with Crippen molar-refractivity contribution < 1.29 is 0 Å². The fraction of sp³-hybridized carbons (Fsp3) is 0.167. The molecule has 0 amide bonds. The number of hydrogen-bond acceptors (Lipinski definition) is 1. The summed E-state index contributed by atoms with van der Waals surface area (Å²) >= 11 is 9.33. The molecule has 2 rings (SSSR count). The predicted octanol–water partition coefficient (Wildman–Crippen LogP) is 4.05. The third-order valence-electron chi connectivity index (χ3n) is 2.44. The molecule has 1 heterocycles. The number of anilines is 1. The van der Waals surface area contributed by atoms with E-state index in [1.54, 1.807) is 0 Å². The predicted molar refractivity (Wildman–Crippen MR) is 71.9 cm³/mol. The van der Waals surface area contributed by atoms with Crippen LogP contribution in [-0.4, -0.2) is 4.57 Å². The van der Waals surface area contributed by atoms with E-state index in [2.05, 4.69) is 31.9 Å². The van der Waals surface area contributed by atoms with Crippen molar-refractivity contribution in [1.82, 2.24) is 4.57 Å². The van der Waals surface area contributed by atoms with Gasteiger partial charge in [-0.05, 0) is 46.3 Å². The highest BCUT2D eigenvalue weighted by molar-refractivity contribution is 9.10. The van der Waals surface area contributed by atoms with Crippen molar-refractivity contribution >= 4 is 33.2 Å². The van der Waals surface area contributed by atoms with Crippen LogP contribution in [0.25, 0.3) is 0 Å². The lowest BCUT2D eigenvalue weighted by molar-refractivity contribution is 0.842. The Morgan fingerprint density at radius 2 is 2.19 bits per heavy atom. The van der Waals surface area contributed by atoms with Gasteiger partial charge in [-0.3, -0.25) is 0 Å². The highest BCUT2D eigenvalue weighted by Crippen LogP contribution is 2.25. The van der Waals surface area contributed by atoms with Gasteiger partial charge < -0.3 is 9.88 Å². The Bertz CT molecular complexity index is 494. The Balaban J connectivity index is 2.05. The molecule has 0 radical (unpaired) electrons. The summed E-state index contributed by atoms with van der Waals surface area (Å²) in [5.74, 6) is 0. The number of aromatic nitrogens is 1. The topological polar surface area (TPSA) is 17.0 Å². The molecule has 84 valence electrons. The van der Waals surface area contributed by atoms with Crippen molar-refractivity contribution in [2.45, 2.75) is 6.54 Å². The van der Waals surface area contributed by atoms with Gasteiger partial charge >= 0.3 is 0 Å². The summed E-state index contributed by atoms with van der Waals surface area (Å²) in [6, 6.07) is 9.95. The van der Waals surface area contributed by atoms with Gasteiger partial charge in [-0.1, -0.05) is 11.6 Å². The van der Waals surface area contributed by atoms with Crippen LogP contribution < -0.4 is 5.32 Å². The molecule has 2 aromatic rings. The van der Waals surface area contributed by atoms with Crippen molar-refractivity contribution in [1.29, 1.82) is 0 Å². The maximum absolute atomic E-state index is 5.93. The van der Waals surface area contributed by atoms with Gasteiger partial charge in [0, 0.05) is 29.1 Å². The zero-order valence-corrected chi connectivity index (χ0v) is 11.2. The van der Waals surface area contributed by atoms with Gasteiger partial charge in [0.05, 0.1) is 11.6 Å². The quantitative estimate of drug-likeness (QED) is 0.904. The van der Waals surface area contributed by atoms with Gasteiger partial charge in [0.1, 0.15) is 0 Å². The van der Waals surface area contributed by atoms with Gasteiger partial charge in [0.25, 0.3) is 0 Å². The average molecular weight is 300 g/mol. The number of hydrogen-bond donors (Lipinski definition) is 1. The molecule has 0 saturated carbocycles. The first-order valence-corrected chi connectivity index (χ1v) is 6.13. The second-order valence-corrected chi connectivity index (χ2v) is 4.85. The van der Waals surface area contributed by atoms with E-state index in [0.717, 1.165) is 21.7 Å². The maximum atomic E-state index is 5.93. The van der Waals surface area contributed by atoms with Crippen molar-refractivity contribution in [3.8, 4) is 0 Å². The SMILES string of the molecule is Cn1cccc1CNc1ccc(Cl)c(Br)c1. The summed E-state index contributed by atoms with van der Waals surface area (Å²) in [5.41, 5.74) is 2.29. The third-order valence-corrected chi connectivity index (χ3v) is 3.66. The monoisotopic (exact) mass is 298 g/mol. The summed E-state index contributed by atoms with van der Waals surface area (Å²) in [6.07, 6.45) is 2.04. The lowest BCUT2D eigenvalue weighted by Gasteiger charge is -2.08. The smallest absolute Gasteiger partial charge is 0.0553 e. The molecule has 0 unspecified atom stereocenters. The number of rotatable bonds is 3. The number of aryl methyl sites for hydroxylation is 1. The standard InChI is InChI=1S/C12H12BrClN2/c1-16-6-2-3-10(16)8-15-9-4-5-12(14)11(13)7-9/h2-7,15H,8H2,1H3. The van der Waals surface area contributed by atoms with E-state index < -0.39 is 0 Å². The van der Waals surface area contributed by atoms with E-state index >= 15 is 0 Å². The summed E-state index contributed by atoms with van der Waals surface area (Å²) < 4.78 is 3.00. The minimum absolute atomic E-state index is 0.726. The fourth-order valence-corrected chi connectivity index (χ4v) is 1.98. The molecule has 1 N–H and O–H groups in total. The molecule has 1 aromatic carbocycles. The van der Waals surface area contributed by atoms with E-state index in [1.807, 2.05) is 37.5 Å². The molecule has 2 nitrogen and oxygen atoms in total. The summed E-state index contributed by atoms with van der Waals surface area (Å²) in [6.45, 7) is 0.803. The Kier molecular flexibility index (Phi) is 3.56. The lowest BCUT2D eigenvalue weighted by Crippen LogP contribution is -2.03. The first kappa shape index (κ1) is 11.6. The molecule has 4 heteroatoms. The van der Waals surface area contributed by atoms with Crippen LogP contribution in [0.1, 0.15) is 5.69 Å². The minimum atomic E-state index is 0.726. The third kappa shape index (κ3) is 2.60. The van der Waals surface area contributed by atoms with Crippen molar-refractivity contribution in [2.24, 2.45) is 7.05 Å². The van der Waals surface area contributed by atoms with Gasteiger partial charge in [-0.25, -0.2) is 0 Å². The molecule has 0 atom stereocenters. The Morgan fingerprint density at radius 3 is 2.81 bits per heavy atom. The lowest BCUT2D eigenvalue weighted by atomic mass is 10.3. The molecule has 0 spiro atoms. The van der Waals surface area contributed by atoms with E-state index in [4.69, 9.17) is 11.6 Å². The van der Waals surface area contributed by atoms with Crippen LogP contribution in [0.15, 0.2) is 41.0 Å². The normalized spacial score (nSPS) is 10.4. The molecule has 1 aromatic heterocycles. The van der Waals surface area contributed by atoms with Crippen LogP contribution in [0.4, 0.5) is 5.69 Å². The van der Waals surface area contributed by atoms with Crippen molar-refractivity contribution in [2.75, 3.05) is 5.32 Å². The molecule has 0 fully saturated rings. The van der Waals surface area contributed by atoms with E-state index in [1.165, 1.54) is 5.69 Å². The second kappa shape index (κ2) is 4.93. The number of nitrogens with one attached hydrogen (secondary N) is 1. The van der Waals surface area contributed by atoms with Crippen molar-refractivity contribution in [3.05, 3.63) is 51.7 Å². The first-order valence-electron chi connectivity index (χ1n) is 4.96. The molecular formula is C12H12BrClN2. The van der Waals surface area contributed by atoms with Gasteiger partial charge in [0.15, 0.2) is 0 Å². The minimum Gasteiger partial charge on any atom is -0.379 e. The van der Waals surface area contributed by atoms with Crippen LogP contribution in [0.5, 0.6) is 0 Å². The molecule has 0 saturated heterocycles. The largest absolute Gasteiger partial charge is 0.379 e. The zero-order chi connectivity index (χ0) is 11.5. The summed E-state index contributed by atoms with van der Waals surface area (Å²) in [5, 5.41) is 4.07. The van der Waals surface area contributed by atoms with E-state index in [9.17, 15) is 0 Å². The van der Waals surface area contributed by atoms with Crippen LogP contribution in [0.3, 0.4) is 0 Å². The van der Waals surface area contributed by atoms with Gasteiger partial charge in [0.2, 0.25) is 0 Å². The Hall–Kier alpha value is -0.930. The Labute approximate surface area is 108 Å². The van der Waals surface area contributed by atoms with Crippen LogP contribution in [0, 0.1) is 0 Å². The number of halogens is 2. The highest BCUT2D eigenvalue weighted by Gasteiger charge is 2.00. The molecule has 0 aliphatic carbocycles. The maximum Gasteiger partial charge on any atom is 0.0553 e. The van der Waals surface area contributed by atoms with Gasteiger partial charge in [-0.15, -0.1) is 0 Å². The second-order valence-electron chi connectivity index (χ2n) is 3.59. The molecule has 16 heavy (non-hydrogen) atoms. The van der Waals surface area contributed by atoms with Crippen LogP contribution in [0.2, 0.25) is 5.02 Å². The first-order chi connectivity index (χ1) is 7.66. The van der Waals surface area contributed by atoms with Crippen LogP contribution >= 0.6 is 27.5 Å². The zero-order valence-electron chi connectivity index (χ0n) is 8.87. The van der Waals surface area contributed by atoms with Crippen molar-refractivity contribution in [3.63, 3.8) is 0 Å². The fourth-order valence-electron chi connectivity index (χ4n) is 1.48. The average Bonchev–Trinajstić information content (AvgIpc) is 2.66. The number of benzene rings is 1. The highest BCUT2D eigenvalue weighted by atomic mass is 79.9.